The maximum atomic E-state index is 12.6. The standard InChI is InChI=1S/C18H22N4O4/c1-21-11-13(8-14(21)10-19)17(24)20-15-9-12(2-3-16(15)23)18(25)22-4-6-26-7-5-22/h2-3,9,13-14,23H,4-8,11H2,1H3,(H,20,24). The average Bonchev–Trinajstić information content (AvgIpc) is 3.04. The summed E-state index contributed by atoms with van der Waals surface area (Å²) in [5.74, 6) is -0.850. The fourth-order valence-corrected chi connectivity index (χ4v) is 3.29. The molecule has 1 aromatic rings. The quantitative estimate of drug-likeness (QED) is 0.769. The monoisotopic (exact) mass is 358 g/mol. The Morgan fingerprint density at radius 3 is 2.73 bits per heavy atom. The normalized spacial score (nSPS) is 23.5. The molecule has 0 spiro atoms. The Balaban J connectivity index is 1.71. The molecule has 2 atom stereocenters. The van der Waals surface area contributed by atoms with Crippen LogP contribution < -0.4 is 5.32 Å². The van der Waals surface area contributed by atoms with E-state index in [9.17, 15) is 14.7 Å². The maximum absolute atomic E-state index is 12.6. The Morgan fingerprint density at radius 1 is 1.35 bits per heavy atom. The summed E-state index contributed by atoms with van der Waals surface area (Å²) < 4.78 is 5.25. The number of hydrogen-bond donors (Lipinski definition) is 2. The van der Waals surface area contributed by atoms with Crippen LogP contribution in [-0.2, 0) is 9.53 Å². The van der Waals surface area contributed by atoms with Gasteiger partial charge in [0.2, 0.25) is 5.91 Å². The van der Waals surface area contributed by atoms with Crippen LogP contribution in [0.5, 0.6) is 5.75 Å². The summed E-state index contributed by atoms with van der Waals surface area (Å²) in [6, 6.07) is 6.32. The van der Waals surface area contributed by atoms with E-state index in [0.29, 0.717) is 44.8 Å². The van der Waals surface area contributed by atoms with Gasteiger partial charge in [0.05, 0.1) is 36.9 Å². The SMILES string of the molecule is CN1CC(C(=O)Nc2cc(C(=O)N3CCOCC3)ccc2O)CC1C#N. The highest BCUT2D eigenvalue weighted by molar-refractivity contribution is 5.99. The van der Waals surface area contributed by atoms with Crippen molar-refractivity contribution in [3.8, 4) is 11.8 Å². The number of ether oxygens (including phenoxy) is 1. The van der Waals surface area contributed by atoms with Gasteiger partial charge in [-0.2, -0.15) is 5.26 Å². The van der Waals surface area contributed by atoms with Crippen LogP contribution in [0.2, 0.25) is 0 Å². The fraction of sp³-hybridized carbons (Fsp3) is 0.500. The lowest BCUT2D eigenvalue weighted by atomic mass is 10.0. The third kappa shape index (κ3) is 3.79. The molecule has 8 nitrogen and oxygen atoms in total. The number of nitrogens with one attached hydrogen (secondary N) is 1. The Kier molecular flexibility index (Phi) is 5.40. The molecule has 138 valence electrons. The van der Waals surface area contributed by atoms with Crippen molar-refractivity contribution in [2.45, 2.75) is 12.5 Å². The first kappa shape index (κ1) is 18.2. The van der Waals surface area contributed by atoms with E-state index in [1.54, 1.807) is 11.9 Å². The van der Waals surface area contributed by atoms with Crippen LogP contribution in [0.1, 0.15) is 16.8 Å². The molecule has 2 fully saturated rings. The first-order valence-corrected chi connectivity index (χ1v) is 8.60. The van der Waals surface area contributed by atoms with Gasteiger partial charge in [-0.3, -0.25) is 14.5 Å². The summed E-state index contributed by atoms with van der Waals surface area (Å²) in [7, 11) is 1.81. The number of aromatic hydroxyl groups is 1. The van der Waals surface area contributed by atoms with Crippen LogP contribution in [0.4, 0.5) is 5.69 Å². The molecule has 0 saturated carbocycles. The molecule has 1 aromatic carbocycles. The largest absolute Gasteiger partial charge is 0.506 e. The number of hydrogen-bond acceptors (Lipinski definition) is 6. The summed E-state index contributed by atoms with van der Waals surface area (Å²) in [6.07, 6.45) is 0.450. The van der Waals surface area contributed by atoms with Gasteiger partial charge in [-0.05, 0) is 31.7 Å². The minimum atomic E-state index is -0.331. The Hall–Kier alpha value is -2.63. The molecule has 2 aliphatic heterocycles. The molecule has 3 rings (SSSR count). The second kappa shape index (κ2) is 7.72. The summed E-state index contributed by atoms with van der Waals surface area (Å²) in [5.41, 5.74) is 0.607. The highest BCUT2D eigenvalue weighted by atomic mass is 16.5. The molecule has 0 bridgehead atoms. The molecule has 2 unspecified atom stereocenters. The minimum Gasteiger partial charge on any atom is -0.506 e. The lowest BCUT2D eigenvalue weighted by molar-refractivity contribution is -0.119. The number of nitrogens with zero attached hydrogens (tertiary/aromatic N) is 3. The van der Waals surface area contributed by atoms with Crippen LogP contribution >= 0.6 is 0 Å². The Bertz CT molecular complexity index is 739. The van der Waals surface area contributed by atoms with Gasteiger partial charge in [-0.25, -0.2) is 0 Å². The number of carbonyl (C=O) groups excluding carboxylic acids is 2. The number of carbonyl (C=O) groups is 2. The van der Waals surface area contributed by atoms with E-state index in [1.807, 2.05) is 4.90 Å². The van der Waals surface area contributed by atoms with Gasteiger partial charge in [-0.1, -0.05) is 0 Å². The van der Waals surface area contributed by atoms with Crippen LogP contribution in [0.3, 0.4) is 0 Å². The zero-order valence-electron chi connectivity index (χ0n) is 14.6. The third-order valence-electron chi connectivity index (χ3n) is 4.87. The van der Waals surface area contributed by atoms with Gasteiger partial charge in [0.15, 0.2) is 0 Å². The molecular weight excluding hydrogens is 336 g/mol. The lowest BCUT2D eigenvalue weighted by Crippen LogP contribution is -2.40. The minimum absolute atomic E-state index is 0.0972. The van der Waals surface area contributed by atoms with E-state index in [2.05, 4.69) is 11.4 Å². The van der Waals surface area contributed by atoms with E-state index < -0.39 is 0 Å². The molecule has 26 heavy (non-hydrogen) atoms. The van der Waals surface area contributed by atoms with Crippen molar-refractivity contribution in [2.75, 3.05) is 45.2 Å². The van der Waals surface area contributed by atoms with Crippen LogP contribution in [0, 0.1) is 17.2 Å². The van der Waals surface area contributed by atoms with E-state index in [-0.39, 0.29) is 35.2 Å². The second-order valence-corrected chi connectivity index (χ2v) is 6.64. The first-order valence-electron chi connectivity index (χ1n) is 8.60. The van der Waals surface area contributed by atoms with Crippen molar-refractivity contribution in [1.82, 2.24) is 9.80 Å². The highest BCUT2D eigenvalue weighted by Crippen LogP contribution is 2.28. The van der Waals surface area contributed by atoms with Crippen molar-refractivity contribution >= 4 is 17.5 Å². The van der Waals surface area contributed by atoms with Crippen molar-refractivity contribution < 1.29 is 19.4 Å². The number of likely N-dealkylation sites (tertiary alicyclic amines) is 1. The van der Waals surface area contributed by atoms with Crippen molar-refractivity contribution in [2.24, 2.45) is 5.92 Å². The fourth-order valence-electron chi connectivity index (χ4n) is 3.29. The molecule has 2 amide bonds. The zero-order valence-corrected chi connectivity index (χ0v) is 14.6. The number of nitriles is 1. The van der Waals surface area contributed by atoms with Gasteiger partial charge >= 0.3 is 0 Å². The molecule has 2 N–H and O–H groups in total. The van der Waals surface area contributed by atoms with Gasteiger partial charge in [-0.15, -0.1) is 0 Å². The van der Waals surface area contributed by atoms with E-state index in [0.717, 1.165) is 0 Å². The highest BCUT2D eigenvalue weighted by Gasteiger charge is 2.34. The van der Waals surface area contributed by atoms with E-state index >= 15 is 0 Å². The molecule has 2 saturated heterocycles. The zero-order chi connectivity index (χ0) is 18.7. The molecule has 2 aliphatic rings. The molecule has 0 aromatic heterocycles. The Labute approximate surface area is 151 Å². The molecule has 2 heterocycles. The van der Waals surface area contributed by atoms with Gasteiger partial charge < -0.3 is 20.1 Å². The Morgan fingerprint density at radius 2 is 2.08 bits per heavy atom. The van der Waals surface area contributed by atoms with Crippen LogP contribution in [0.25, 0.3) is 0 Å². The van der Waals surface area contributed by atoms with Crippen molar-refractivity contribution in [1.29, 1.82) is 5.26 Å². The summed E-state index contributed by atoms with van der Waals surface area (Å²) in [6.45, 7) is 2.53. The average molecular weight is 358 g/mol. The number of phenols is 1. The predicted octanol–water partition coefficient (Wildman–Crippen LogP) is 0.647. The topological polar surface area (TPSA) is 106 Å². The van der Waals surface area contributed by atoms with Crippen molar-refractivity contribution in [3.05, 3.63) is 23.8 Å². The van der Waals surface area contributed by atoms with Crippen LogP contribution in [0.15, 0.2) is 18.2 Å². The van der Waals surface area contributed by atoms with E-state index in [4.69, 9.17) is 10.00 Å². The number of phenolic OH excluding ortho intramolecular Hbond substituents is 1. The second-order valence-electron chi connectivity index (χ2n) is 6.64. The van der Waals surface area contributed by atoms with Gasteiger partial charge in [0.1, 0.15) is 5.75 Å². The van der Waals surface area contributed by atoms with Crippen molar-refractivity contribution in [3.63, 3.8) is 0 Å². The first-order chi connectivity index (χ1) is 12.5. The lowest BCUT2D eigenvalue weighted by Gasteiger charge is -2.27. The number of anilines is 1. The summed E-state index contributed by atoms with van der Waals surface area (Å²) in [5, 5.41) is 21.8. The number of morpholine rings is 1. The number of rotatable bonds is 3. The summed E-state index contributed by atoms with van der Waals surface area (Å²) >= 11 is 0. The number of amides is 2. The number of benzene rings is 1. The maximum Gasteiger partial charge on any atom is 0.254 e. The summed E-state index contributed by atoms with van der Waals surface area (Å²) in [4.78, 5) is 28.6. The smallest absolute Gasteiger partial charge is 0.254 e. The van der Waals surface area contributed by atoms with E-state index in [1.165, 1.54) is 18.2 Å². The molecule has 8 heteroatoms. The predicted molar refractivity (Wildman–Crippen MR) is 93.6 cm³/mol. The third-order valence-corrected chi connectivity index (χ3v) is 4.87. The molecule has 0 aliphatic carbocycles. The molecular formula is C18H22N4O4. The van der Waals surface area contributed by atoms with Crippen LogP contribution in [-0.4, -0.2) is 72.7 Å². The molecule has 0 radical (unpaired) electrons. The van der Waals surface area contributed by atoms with Gasteiger partial charge in [0.25, 0.3) is 5.91 Å². The van der Waals surface area contributed by atoms with Gasteiger partial charge in [0, 0.05) is 25.2 Å².